The van der Waals surface area contributed by atoms with Gasteiger partial charge in [-0.1, -0.05) is 26.7 Å². The molecule has 0 amide bonds. The summed E-state index contributed by atoms with van der Waals surface area (Å²) in [5.74, 6) is 0.795. The molecule has 0 rings (SSSR count). The summed E-state index contributed by atoms with van der Waals surface area (Å²) in [5.41, 5.74) is -0.182. The third kappa shape index (κ3) is 11.9. The lowest BCUT2D eigenvalue weighted by Gasteiger charge is -2.17. The Bertz CT molecular complexity index is 114. The van der Waals surface area contributed by atoms with E-state index in [1.807, 2.05) is 20.8 Å². The van der Waals surface area contributed by atoms with Gasteiger partial charge >= 0.3 is 0 Å². The summed E-state index contributed by atoms with van der Waals surface area (Å²) in [6.07, 6.45) is 3.60. The fraction of sp³-hybridized carbons (Fsp3) is 1.00. The van der Waals surface area contributed by atoms with Gasteiger partial charge in [0.1, 0.15) is 0 Å². The third-order valence-electron chi connectivity index (χ3n) is 1.57. The molecule has 0 heterocycles. The maximum absolute atomic E-state index is 5.14. The first-order valence-corrected chi connectivity index (χ1v) is 5.22. The second-order valence-corrected chi connectivity index (χ2v) is 4.91. The van der Waals surface area contributed by atoms with Crippen LogP contribution in [-0.4, -0.2) is 12.2 Å². The molecule has 80 valence electrons. The van der Waals surface area contributed by atoms with Crippen LogP contribution in [-0.2, 0) is 9.78 Å². The van der Waals surface area contributed by atoms with Crippen molar-refractivity contribution in [3.63, 3.8) is 0 Å². The van der Waals surface area contributed by atoms with Crippen LogP contribution in [0.25, 0.3) is 0 Å². The van der Waals surface area contributed by atoms with Gasteiger partial charge < -0.3 is 0 Å². The van der Waals surface area contributed by atoms with Crippen LogP contribution in [0.15, 0.2) is 0 Å². The van der Waals surface area contributed by atoms with Crippen molar-refractivity contribution in [2.45, 2.75) is 59.5 Å². The lowest BCUT2D eigenvalue weighted by Crippen LogP contribution is -2.19. The first-order valence-electron chi connectivity index (χ1n) is 5.22. The zero-order valence-electron chi connectivity index (χ0n) is 9.72. The van der Waals surface area contributed by atoms with Gasteiger partial charge in [-0.25, -0.2) is 9.78 Å². The van der Waals surface area contributed by atoms with E-state index in [0.717, 1.165) is 12.3 Å². The Balaban J connectivity index is 3.09. The minimum absolute atomic E-state index is 0.182. The van der Waals surface area contributed by atoms with E-state index in [2.05, 4.69) is 13.8 Å². The van der Waals surface area contributed by atoms with Crippen molar-refractivity contribution < 1.29 is 9.78 Å². The van der Waals surface area contributed by atoms with Crippen LogP contribution in [0.3, 0.4) is 0 Å². The first-order chi connectivity index (χ1) is 5.92. The molecule has 2 heteroatoms. The minimum atomic E-state index is -0.182. The predicted octanol–water partition coefficient (Wildman–Crippen LogP) is 3.56. The van der Waals surface area contributed by atoms with Crippen molar-refractivity contribution in [1.29, 1.82) is 0 Å². The average Bonchev–Trinajstić information content (AvgIpc) is 1.93. The molecule has 0 fully saturated rings. The molecular formula is C11H24O2. The molecule has 0 radical (unpaired) electrons. The van der Waals surface area contributed by atoms with Gasteiger partial charge in [0, 0.05) is 0 Å². The van der Waals surface area contributed by atoms with Crippen molar-refractivity contribution in [2.75, 3.05) is 6.61 Å². The molecule has 0 unspecified atom stereocenters. The normalized spacial score (nSPS) is 12.5. The van der Waals surface area contributed by atoms with E-state index in [9.17, 15) is 0 Å². The largest absolute Gasteiger partial charge is 0.236 e. The lowest BCUT2D eigenvalue weighted by molar-refractivity contribution is -0.348. The van der Waals surface area contributed by atoms with E-state index < -0.39 is 0 Å². The van der Waals surface area contributed by atoms with Crippen LogP contribution in [0.4, 0.5) is 0 Å². The van der Waals surface area contributed by atoms with Crippen molar-refractivity contribution in [1.82, 2.24) is 0 Å². The predicted molar refractivity (Wildman–Crippen MR) is 55.5 cm³/mol. The van der Waals surface area contributed by atoms with E-state index >= 15 is 0 Å². The lowest BCUT2D eigenvalue weighted by atomic mass is 10.1. The standard InChI is InChI=1S/C11H24O2/c1-10(2)8-6-7-9-12-13-11(3,4)5/h10H,6-9H2,1-5H3. The third-order valence-corrected chi connectivity index (χ3v) is 1.57. The summed E-state index contributed by atoms with van der Waals surface area (Å²) in [6, 6.07) is 0. The Labute approximate surface area is 82.5 Å². The molecule has 0 N–H and O–H groups in total. The summed E-state index contributed by atoms with van der Waals surface area (Å²) in [7, 11) is 0. The van der Waals surface area contributed by atoms with Gasteiger partial charge in [-0.05, 0) is 33.1 Å². The van der Waals surface area contributed by atoms with Crippen LogP contribution in [0.2, 0.25) is 0 Å². The maximum Gasteiger partial charge on any atom is 0.0952 e. The van der Waals surface area contributed by atoms with Gasteiger partial charge in [0.05, 0.1) is 12.2 Å². The average molecular weight is 188 g/mol. The van der Waals surface area contributed by atoms with Gasteiger partial charge in [0.2, 0.25) is 0 Å². The van der Waals surface area contributed by atoms with E-state index in [1.54, 1.807) is 0 Å². The summed E-state index contributed by atoms with van der Waals surface area (Å²) in [4.78, 5) is 10.2. The van der Waals surface area contributed by atoms with Crippen LogP contribution in [0.1, 0.15) is 53.9 Å². The molecule has 0 aliphatic heterocycles. The van der Waals surface area contributed by atoms with Crippen molar-refractivity contribution in [3.8, 4) is 0 Å². The molecule has 0 aliphatic rings. The van der Waals surface area contributed by atoms with Gasteiger partial charge in [0.15, 0.2) is 0 Å². The van der Waals surface area contributed by atoms with E-state index in [4.69, 9.17) is 9.78 Å². The summed E-state index contributed by atoms with van der Waals surface area (Å²) in [5, 5.41) is 0. The Morgan fingerprint density at radius 1 is 1.08 bits per heavy atom. The summed E-state index contributed by atoms with van der Waals surface area (Å²) >= 11 is 0. The number of hydrogen-bond acceptors (Lipinski definition) is 2. The molecule has 0 bridgehead atoms. The van der Waals surface area contributed by atoms with Gasteiger partial charge in [-0.2, -0.15) is 0 Å². The van der Waals surface area contributed by atoms with E-state index in [0.29, 0.717) is 6.61 Å². The molecule has 0 aromatic carbocycles. The van der Waals surface area contributed by atoms with Crippen molar-refractivity contribution in [2.24, 2.45) is 5.92 Å². The molecule has 0 saturated heterocycles. The number of hydrogen-bond donors (Lipinski definition) is 0. The fourth-order valence-electron chi connectivity index (χ4n) is 0.932. The number of rotatable bonds is 6. The van der Waals surface area contributed by atoms with Crippen LogP contribution < -0.4 is 0 Å². The summed E-state index contributed by atoms with van der Waals surface area (Å²) < 4.78 is 0. The molecule has 0 saturated carbocycles. The van der Waals surface area contributed by atoms with Crippen LogP contribution in [0.5, 0.6) is 0 Å². The highest BCUT2D eigenvalue weighted by molar-refractivity contribution is 4.54. The highest BCUT2D eigenvalue weighted by Crippen LogP contribution is 2.09. The maximum atomic E-state index is 5.14. The Morgan fingerprint density at radius 3 is 2.15 bits per heavy atom. The zero-order valence-corrected chi connectivity index (χ0v) is 9.72. The molecule has 0 aromatic rings. The molecule has 13 heavy (non-hydrogen) atoms. The Morgan fingerprint density at radius 2 is 1.69 bits per heavy atom. The fourth-order valence-corrected chi connectivity index (χ4v) is 0.932. The van der Waals surface area contributed by atoms with Gasteiger partial charge in [0.25, 0.3) is 0 Å². The second-order valence-electron chi connectivity index (χ2n) is 4.91. The molecule has 0 aromatic heterocycles. The first kappa shape index (κ1) is 12.9. The molecule has 2 nitrogen and oxygen atoms in total. The molecule has 0 aliphatic carbocycles. The monoisotopic (exact) mass is 188 g/mol. The SMILES string of the molecule is CC(C)CCCCOOC(C)(C)C. The zero-order chi connectivity index (χ0) is 10.3. The van der Waals surface area contributed by atoms with Crippen LogP contribution in [0, 0.1) is 5.92 Å². The van der Waals surface area contributed by atoms with Gasteiger partial charge in [-0.15, -0.1) is 0 Å². The highest BCUT2D eigenvalue weighted by Gasteiger charge is 2.10. The van der Waals surface area contributed by atoms with Crippen molar-refractivity contribution in [3.05, 3.63) is 0 Å². The Kier molecular flexibility index (Phi) is 6.35. The summed E-state index contributed by atoms with van der Waals surface area (Å²) in [6.45, 7) is 11.2. The number of unbranched alkanes of at least 4 members (excludes halogenated alkanes) is 1. The topological polar surface area (TPSA) is 18.5 Å². The Hall–Kier alpha value is -0.0800. The molecule has 0 atom stereocenters. The highest BCUT2D eigenvalue weighted by atomic mass is 17.2. The molecule has 0 spiro atoms. The van der Waals surface area contributed by atoms with E-state index in [1.165, 1.54) is 12.8 Å². The quantitative estimate of drug-likeness (QED) is 0.360. The van der Waals surface area contributed by atoms with Crippen molar-refractivity contribution >= 4 is 0 Å². The second kappa shape index (κ2) is 6.39. The van der Waals surface area contributed by atoms with E-state index in [-0.39, 0.29) is 5.60 Å². The van der Waals surface area contributed by atoms with Crippen LogP contribution >= 0.6 is 0 Å². The van der Waals surface area contributed by atoms with Gasteiger partial charge in [-0.3, -0.25) is 0 Å². The molecular weight excluding hydrogens is 164 g/mol. The minimum Gasteiger partial charge on any atom is -0.236 e. The smallest absolute Gasteiger partial charge is 0.0952 e.